The molecule has 1 aromatic rings. The molecule has 20 heavy (non-hydrogen) atoms. The Hall–Kier alpha value is -1.08. The minimum atomic E-state index is -1.00. The van der Waals surface area contributed by atoms with Crippen molar-refractivity contribution in [3.05, 3.63) is 27.1 Å². The average molecular weight is 407 g/mol. The Kier molecular flexibility index (Phi) is 5.04. The van der Waals surface area contributed by atoms with Crippen LogP contribution in [0, 0.1) is 0 Å². The summed E-state index contributed by atoms with van der Waals surface area (Å²) in [6.45, 7) is -0.432. The zero-order chi connectivity index (χ0) is 14.7. The molecule has 0 atom stereocenters. The van der Waals surface area contributed by atoms with E-state index in [1.165, 1.54) is 4.90 Å². The van der Waals surface area contributed by atoms with E-state index in [-0.39, 0.29) is 25.1 Å². The van der Waals surface area contributed by atoms with Crippen molar-refractivity contribution < 1.29 is 19.4 Å². The van der Waals surface area contributed by atoms with Gasteiger partial charge in [0.25, 0.3) is 5.91 Å². The lowest BCUT2D eigenvalue weighted by molar-refractivity contribution is -0.145. The van der Waals surface area contributed by atoms with Crippen LogP contribution in [0.2, 0.25) is 0 Å². The highest BCUT2D eigenvalue weighted by atomic mass is 79.9. The summed E-state index contributed by atoms with van der Waals surface area (Å²) in [5.74, 6) is -0.757. The number of carboxylic acid groups (broad SMARTS) is 1. The van der Waals surface area contributed by atoms with Gasteiger partial charge in [-0.05, 0) is 47.0 Å². The summed E-state index contributed by atoms with van der Waals surface area (Å²) in [6.07, 6.45) is 1.72. The van der Waals surface area contributed by atoms with Gasteiger partial charge in [-0.1, -0.05) is 15.9 Å². The fourth-order valence-corrected chi connectivity index (χ4v) is 2.93. The molecule has 1 fully saturated rings. The van der Waals surface area contributed by atoms with Crippen molar-refractivity contribution in [3.8, 4) is 5.75 Å². The summed E-state index contributed by atoms with van der Waals surface area (Å²) in [5, 5.41) is 8.82. The summed E-state index contributed by atoms with van der Waals surface area (Å²) in [4.78, 5) is 24.2. The molecule has 0 spiro atoms. The molecule has 0 unspecified atom stereocenters. The van der Waals surface area contributed by atoms with Gasteiger partial charge in [0.15, 0.2) is 6.61 Å². The summed E-state index contributed by atoms with van der Waals surface area (Å²) in [7, 11) is 0. The van der Waals surface area contributed by atoms with Gasteiger partial charge >= 0.3 is 5.97 Å². The molecule has 2 rings (SSSR count). The number of benzene rings is 1. The Labute approximate surface area is 133 Å². The van der Waals surface area contributed by atoms with E-state index in [2.05, 4.69) is 31.9 Å². The predicted octanol–water partition coefficient (Wildman–Crippen LogP) is 2.67. The molecule has 0 heterocycles. The lowest BCUT2D eigenvalue weighted by atomic mass is 10.3. The number of hydrogen-bond acceptors (Lipinski definition) is 3. The molecule has 1 aliphatic carbocycles. The summed E-state index contributed by atoms with van der Waals surface area (Å²) >= 11 is 6.67. The van der Waals surface area contributed by atoms with Gasteiger partial charge in [-0.3, -0.25) is 9.59 Å². The van der Waals surface area contributed by atoms with Crippen LogP contribution in [0.4, 0.5) is 0 Å². The first-order chi connectivity index (χ1) is 9.47. The van der Waals surface area contributed by atoms with Crippen LogP contribution in [0.1, 0.15) is 12.8 Å². The lowest BCUT2D eigenvalue weighted by Crippen LogP contribution is -2.40. The zero-order valence-electron chi connectivity index (χ0n) is 10.5. The topological polar surface area (TPSA) is 66.8 Å². The second kappa shape index (κ2) is 6.58. The van der Waals surface area contributed by atoms with Crippen LogP contribution in [-0.2, 0) is 9.59 Å². The van der Waals surface area contributed by atoms with E-state index < -0.39 is 5.97 Å². The van der Waals surface area contributed by atoms with E-state index in [1.807, 2.05) is 6.07 Å². The van der Waals surface area contributed by atoms with Gasteiger partial charge in [-0.15, -0.1) is 0 Å². The quantitative estimate of drug-likeness (QED) is 0.788. The van der Waals surface area contributed by atoms with Crippen molar-refractivity contribution in [1.29, 1.82) is 0 Å². The Morgan fingerprint density at radius 3 is 2.60 bits per heavy atom. The average Bonchev–Trinajstić information content (AvgIpc) is 3.18. The summed E-state index contributed by atoms with van der Waals surface area (Å²) in [5.41, 5.74) is 0. The predicted molar refractivity (Wildman–Crippen MR) is 79.7 cm³/mol. The molecule has 0 aromatic heterocycles. The fraction of sp³-hybridized carbons (Fsp3) is 0.385. The Morgan fingerprint density at radius 1 is 1.35 bits per heavy atom. The normalized spacial score (nSPS) is 13.9. The van der Waals surface area contributed by atoms with Gasteiger partial charge in [0.05, 0.1) is 4.47 Å². The first kappa shape index (κ1) is 15.3. The number of carboxylic acids is 1. The maximum atomic E-state index is 12.0. The molecule has 1 saturated carbocycles. The van der Waals surface area contributed by atoms with E-state index in [0.717, 1.165) is 21.8 Å². The van der Waals surface area contributed by atoms with Crippen LogP contribution in [0.5, 0.6) is 5.75 Å². The highest BCUT2D eigenvalue weighted by Gasteiger charge is 2.33. The largest absolute Gasteiger partial charge is 0.483 e. The highest BCUT2D eigenvalue weighted by molar-refractivity contribution is 9.11. The van der Waals surface area contributed by atoms with Gasteiger partial charge in [-0.25, -0.2) is 0 Å². The lowest BCUT2D eigenvalue weighted by Gasteiger charge is -2.20. The third-order valence-corrected chi connectivity index (χ3v) is 3.97. The second-order valence-corrected chi connectivity index (χ2v) is 6.28. The number of ether oxygens (including phenoxy) is 1. The van der Waals surface area contributed by atoms with Gasteiger partial charge in [0.2, 0.25) is 0 Å². The summed E-state index contributed by atoms with van der Waals surface area (Å²) in [6, 6.07) is 5.41. The monoisotopic (exact) mass is 405 g/mol. The van der Waals surface area contributed by atoms with Crippen LogP contribution in [-0.4, -0.2) is 41.1 Å². The van der Waals surface area contributed by atoms with Crippen molar-refractivity contribution in [2.75, 3.05) is 13.2 Å². The number of nitrogens with zero attached hydrogens (tertiary/aromatic N) is 1. The minimum Gasteiger partial charge on any atom is -0.483 e. The van der Waals surface area contributed by atoms with Gasteiger partial charge in [-0.2, -0.15) is 0 Å². The van der Waals surface area contributed by atoms with Crippen LogP contribution in [0.15, 0.2) is 27.1 Å². The van der Waals surface area contributed by atoms with Crippen molar-refractivity contribution in [2.24, 2.45) is 0 Å². The van der Waals surface area contributed by atoms with E-state index in [1.54, 1.807) is 12.1 Å². The molecule has 108 valence electrons. The van der Waals surface area contributed by atoms with Gasteiger partial charge in [0, 0.05) is 10.5 Å². The summed E-state index contributed by atoms with van der Waals surface area (Å²) < 4.78 is 7.07. The van der Waals surface area contributed by atoms with E-state index in [4.69, 9.17) is 9.84 Å². The third-order valence-electron chi connectivity index (χ3n) is 2.86. The van der Waals surface area contributed by atoms with Crippen molar-refractivity contribution in [3.63, 3.8) is 0 Å². The third kappa shape index (κ3) is 4.21. The number of aliphatic carboxylic acids is 1. The standard InChI is InChI=1S/C13H13Br2NO4/c14-8-1-4-11(10(15)5-8)20-7-12(17)16(6-13(18)19)9-2-3-9/h1,4-5,9H,2-3,6-7H2,(H,18,19). The van der Waals surface area contributed by atoms with Crippen LogP contribution < -0.4 is 4.74 Å². The molecule has 0 bridgehead atoms. The molecule has 7 heteroatoms. The molecule has 1 N–H and O–H groups in total. The number of rotatable bonds is 6. The smallest absolute Gasteiger partial charge is 0.323 e. The molecule has 0 saturated heterocycles. The molecule has 1 amide bonds. The second-order valence-electron chi connectivity index (χ2n) is 4.51. The molecule has 1 aliphatic rings. The zero-order valence-corrected chi connectivity index (χ0v) is 13.7. The highest BCUT2D eigenvalue weighted by Crippen LogP contribution is 2.29. The number of hydrogen-bond donors (Lipinski definition) is 1. The van der Waals surface area contributed by atoms with E-state index >= 15 is 0 Å². The van der Waals surface area contributed by atoms with Crippen LogP contribution in [0.3, 0.4) is 0 Å². The molecule has 5 nitrogen and oxygen atoms in total. The number of carbonyl (C=O) groups is 2. The van der Waals surface area contributed by atoms with Crippen molar-refractivity contribution >= 4 is 43.7 Å². The maximum absolute atomic E-state index is 12.0. The van der Waals surface area contributed by atoms with Crippen molar-refractivity contribution in [1.82, 2.24) is 4.90 Å². The van der Waals surface area contributed by atoms with Gasteiger partial charge < -0.3 is 14.7 Å². The van der Waals surface area contributed by atoms with E-state index in [0.29, 0.717) is 5.75 Å². The Morgan fingerprint density at radius 2 is 2.05 bits per heavy atom. The first-order valence-electron chi connectivity index (χ1n) is 6.06. The Balaban J connectivity index is 1.94. The van der Waals surface area contributed by atoms with E-state index in [9.17, 15) is 9.59 Å². The molecule has 1 aromatic carbocycles. The first-order valence-corrected chi connectivity index (χ1v) is 7.65. The SMILES string of the molecule is O=C(O)CN(C(=O)COc1ccc(Br)cc1Br)C1CC1. The number of amides is 1. The molecular weight excluding hydrogens is 394 g/mol. The van der Waals surface area contributed by atoms with Crippen molar-refractivity contribution in [2.45, 2.75) is 18.9 Å². The van der Waals surface area contributed by atoms with Crippen LogP contribution >= 0.6 is 31.9 Å². The molecular formula is C13H13Br2NO4. The fourth-order valence-electron chi connectivity index (χ4n) is 1.77. The van der Waals surface area contributed by atoms with Gasteiger partial charge in [0.1, 0.15) is 12.3 Å². The molecule has 0 aliphatic heterocycles. The number of carbonyl (C=O) groups excluding carboxylic acids is 1. The molecule has 0 radical (unpaired) electrons. The maximum Gasteiger partial charge on any atom is 0.323 e. The number of halogens is 2. The minimum absolute atomic E-state index is 0.0514. The van der Waals surface area contributed by atoms with Crippen LogP contribution in [0.25, 0.3) is 0 Å². The Bertz CT molecular complexity index is 531.